The first-order chi connectivity index (χ1) is 6.63. The van der Waals surface area contributed by atoms with Gasteiger partial charge in [-0.05, 0) is 32.9 Å². The summed E-state index contributed by atoms with van der Waals surface area (Å²) in [5, 5.41) is 2.82. The molecule has 14 heavy (non-hydrogen) atoms. The number of likely N-dealkylation sites (tertiary alicyclic amines) is 1. The first kappa shape index (κ1) is 11.9. The lowest BCUT2D eigenvalue weighted by atomic mass is 10.1. The quantitative estimate of drug-likeness (QED) is 0.687. The van der Waals surface area contributed by atoms with Crippen LogP contribution in [-0.4, -0.2) is 41.7 Å². The van der Waals surface area contributed by atoms with E-state index in [0.717, 1.165) is 19.5 Å². The number of nitrogens with one attached hydrogen (secondary N) is 1. The van der Waals surface area contributed by atoms with Crippen LogP contribution in [0.2, 0.25) is 0 Å². The number of carbonyl (C=O) groups excluding carboxylic acids is 1. The third-order valence-corrected chi connectivity index (χ3v) is 2.91. The van der Waals surface area contributed by atoms with Crippen molar-refractivity contribution in [3.63, 3.8) is 0 Å². The van der Waals surface area contributed by atoms with Gasteiger partial charge in [0.15, 0.2) is 0 Å². The Morgan fingerprint density at radius 1 is 1.71 bits per heavy atom. The average Bonchev–Trinajstić information content (AvgIpc) is 2.18. The molecule has 0 saturated carbocycles. The average molecular weight is 216 g/mol. The van der Waals surface area contributed by atoms with Crippen LogP contribution < -0.4 is 5.32 Å². The van der Waals surface area contributed by atoms with Crippen LogP contribution in [0.25, 0.3) is 0 Å². The predicted octanol–water partition coefficient (Wildman–Crippen LogP) is 0.905. The third-order valence-electron chi connectivity index (χ3n) is 2.68. The van der Waals surface area contributed by atoms with Crippen molar-refractivity contribution in [2.45, 2.75) is 38.0 Å². The number of hydrogen-bond acceptors (Lipinski definition) is 3. The Hall–Kier alpha value is -0.220. The molecule has 1 heterocycles. The van der Waals surface area contributed by atoms with Gasteiger partial charge in [0.05, 0.1) is 5.25 Å². The molecule has 0 aromatic heterocycles. The van der Waals surface area contributed by atoms with Gasteiger partial charge in [-0.3, -0.25) is 4.79 Å². The van der Waals surface area contributed by atoms with Gasteiger partial charge in [-0.25, -0.2) is 0 Å². The fourth-order valence-corrected chi connectivity index (χ4v) is 1.86. The van der Waals surface area contributed by atoms with Crippen LogP contribution in [0.1, 0.15) is 26.7 Å². The summed E-state index contributed by atoms with van der Waals surface area (Å²) >= 11 is 4.11. The number of likely N-dealkylation sites (N-methyl/N-ethyl adjacent to an activating group) is 1. The molecule has 0 aliphatic carbocycles. The van der Waals surface area contributed by atoms with E-state index >= 15 is 0 Å². The second-order valence-corrected chi connectivity index (χ2v) is 4.69. The van der Waals surface area contributed by atoms with Gasteiger partial charge >= 0.3 is 0 Å². The largest absolute Gasteiger partial charge is 0.351 e. The molecule has 1 aliphatic heterocycles. The highest BCUT2D eigenvalue weighted by molar-refractivity contribution is 7.81. The summed E-state index contributed by atoms with van der Waals surface area (Å²) in [6.07, 6.45) is 2.28. The van der Waals surface area contributed by atoms with Gasteiger partial charge in [0.1, 0.15) is 0 Å². The molecule has 4 heteroatoms. The van der Waals surface area contributed by atoms with E-state index in [4.69, 9.17) is 0 Å². The summed E-state index contributed by atoms with van der Waals surface area (Å²) in [5.74, 6) is 0.0521. The molecule has 0 bridgehead atoms. The van der Waals surface area contributed by atoms with E-state index in [0.29, 0.717) is 6.04 Å². The summed E-state index contributed by atoms with van der Waals surface area (Å²) in [7, 11) is 0. The molecule has 0 radical (unpaired) electrons. The molecule has 1 fully saturated rings. The highest BCUT2D eigenvalue weighted by Crippen LogP contribution is 2.09. The maximum absolute atomic E-state index is 11.4. The molecule has 3 nitrogen and oxygen atoms in total. The van der Waals surface area contributed by atoms with Gasteiger partial charge < -0.3 is 10.2 Å². The van der Waals surface area contributed by atoms with Crippen LogP contribution in [0, 0.1) is 0 Å². The molecule has 1 N–H and O–H groups in total. The Morgan fingerprint density at radius 3 is 3.00 bits per heavy atom. The van der Waals surface area contributed by atoms with Gasteiger partial charge in [0.2, 0.25) is 5.91 Å². The third kappa shape index (κ3) is 3.50. The maximum Gasteiger partial charge on any atom is 0.232 e. The van der Waals surface area contributed by atoms with Crippen LogP contribution in [0.5, 0.6) is 0 Å². The molecule has 2 unspecified atom stereocenters. The molecular weight excluding hydrogens is 196 g/mol. The predicted molar refractivity (Wildman–Crippen MR) is 61.7 cm³/mol. The minimum Gasteiger partial charge on any atom is -0.351 e. The zero-order valence-corrected chi connectivity index (χ0v) is 9.89. The number of rotatable bonds is 3. The molecule has 0 aromatic rings. The fourth-order valence-electron chi connectivity index (χ4n) is 1.78. The summed E-state index contributed by atoms with van der Waals surface area (Å²) in [6.45, 7) is 7.19. The summed E-state index contributed by atoms with van der Waals surface area (Å²) in [5.41, 5.74) is 0. The SMILES string of the molecule is CCN1CCCC(NC(=O)C(C)S)C1. The Bertz CT molecular complexity index is 197. The monoisotopic (exact) mass is 216 g/mol. The van der Waals surface area contributed by atoms with Crippen molar-refractivity contribution in [1.82, 2.24) is 10.2 Å². The van der Waals surface area contributed by atoms with Gasteiger partial charge in [0, 0.05) is 12.6 Å². The van der Waals surface area contributed by atoms with E-state index in [2.05, 4.69) is 29.8 Å². The van der Waals surface area contributed by atoms with Crippen LogP contribution in [0.15, 0.2) is 0 Å². The summed E-state index contributed by atoms with van der Waals surface area (Å²) in [4.78, 5) is 13.8. The van der Waals surface area contributed by atoms with Gasteiger partial charge in [0.25, 0.3) is 0 Å². The number of nitrogens with zero attached hydrogens (tertiary/aromatic N) is 1. The number of piperidine rings is 1. The van der Waals surface area contributed by atoms with Crippen molar-refractivity contribution >= 4 is 18.5 Å². The highest BCUT2D eigenvalue weighted by Gasteiger charge is 2.21. The number of amides is 1. The van der Waals surface area contributed by atoms with E-state index in [1.54, 1.807) is 6.92 Å². The van der Waals surface area contributed by atoms with Crippen molar-refractivity contribution in [1.29, 1.82) is 0 Å². The van der Waals surface area contributed by atoms with Gasteiger partial charge in [-0.15, -0.1) is 0 Å². The van der Waals surface area contributed by atoms with Crippen molar-refractivity contribution in [2.24, 2.45) is 0 Å². The minimum atomic E-state index is -0.202. The van der Waals surface area contributed by atoms with Crippen molar-refractivity contribution in [3.8, 4) is 0 Å². The second kappa shape index (κ2) is 5.61. The molecule has 0 aromatic carbocycles. The Labute approximate surface area is 91.6 Å². The van der Waals surface area contributed by atoms with E-state index in [1.165, 1.54) is 13.0 Å². The number of hydrogen-bond donors (Lipinski definition) is 2. The lowest BCUT2D eigenvalue weighted by molar-refractivity contribution is -0.121. The lowest BCUT2D eigenvalue weighted by Crippen LogP contribution is -2.49. The highest BCUT2D eigenvalue weighted by atomic mass is 32.1. The first-order valence-electron chi connectivity index (χ1n) is 5.34. The van der Waals surface area contributed by atoms with Gasteiger partial charge in [-0.1, -0.05) is 6.92 Å². The normalized spacial score (nSPS) is 25.8. The number of carbonyl (C=O) groups is 1. The summed E-state index contributed by atoms with van der Waals surface area (Å²) in [6, 6.07) is 0.325. The zero-order chi connectivity index (χ0) is 10.6. The first-order valence-corrected chi connectivity index (χ1v) is 5.86. The molecule has 2 atom stereocenters. The van der Waals surface area contributed by atoms with E-state index in [-0.39, 0.29) is 11.2 Å². The number of thiol groups is 1. The Kier molecular flexibility index (Phi) is 4.75. The molecule has 1 rings (SSSR count). The standard InChI is InChI=1S/C10H20N2OS/c1-3-12-6-4-5-9(7-12)11-10(13)8(2)14/h8-9,14H,3-7H2,1-2H3,(H,11,13). The lowest BCUT2D eigenvalue weighted by Gasteiger charge is -2.32. The van der Waals surface area contributed by atoms with Gasteiger partial charge in [-0.2, -0.15) is 12.6 Å². The van der Waals surface area contributed by atoms with Crippen molar-refractivity contribution < 1.29 is 4.79 Å². The van der Waals surface area contributed by atoms with Crippen LogP contribution in [0.4, 0.5) is 0 Å². The van der Waals surface area contributed by atoms with Crippen LogP contribution in [-0.2, 0) is 4.79 Å². The molecular formula is C10H20N2OS. The molecule has 1 aliphatic rings. The van der Waals surface area contributed by atoms with E-state index < -0.39 is 0 Å². The minimum absolute atomic E-state index is 0.0521. The maximum atomic E-state index is 11.4. The summed E-state index contributed by atoms with van der Waals surface area (Å²) < 4.78 is 0. The van der Waals surface area contributed by atoms with Crippen molar-refractivity contribution in [3.05, 3.63) is 0 Å². The Balaban J connectivity index is 2.34. The van der Waals surface area contributed by atoms with Crippen molar-refractivity contribution in [2.75, 3.05) is 19.6 Å². The molecule has 0 spiro atoms. The molecule has 1 amide bonds. The topological polar surface area (TPSA) is 32.3 Å². The molecule has 1 saturated heterocycles. The van der Waals surface area contributed by atoms with Crippen LogP contribution >= 0.6 is 12.6 Å². The van der Waals surface area contributed by atoms with E-state index in [9.17, 15) is 4.79 Å². The van der Waals surface area contributed by atoms with E-state index in [1.807, 2.05) is 0 Å². The molecule has 82 valence electrons. The second-order valence-electron chi connectivity index (χ2n) is 3.92. The van der Waals surface area contributed by atoms with Crippen LogP contribution in [0.3, 0.4) is 0 Å². The fraction of sp³-hybridized carbons (Fsp3) is 0.900. The zero-order valence-electron chi connectivity index (χ0n) is 8.99. The smallest absolute Gasteiger partial charge is 0.232 e. The Morgan fingerprint density at radius 2 is 2.43 bits per heavy atom.